The minimum Gasteiger partial charge on any atom is -0.472 e. The number of nitrogens with one attached hydrogen (secondary N) is 1. The second-order valence-electron chi connectivity index (χ2n) is 5.57. The van der Waals surface area contributed by atoms with Crippen LogP contribution in [0.5, 0.6) is 0 Å². The lowest BCUT2D eigenvalue weighted by molar-refractivity contribution is 0.131. The molecule has 1 N–H and O–H groups in total. The predicted octanol–water partition coefficient (Wildman–Crippen LogP) is 2.86. The SMILES string of the molecule is CC1(C)NCC(c2ccoc2)=CN1Cc1cccnc1. The number of nitrogens with zero attached hydrogens (tertiary/aromatic N) is 2. The van der Waals surface area contributed by atoms with Gasteiger partial charge in [-0.1, -0.05) is 6.07 Å². The quantitative estimate of drug-likeness (QED) is 0.930. The molecule has 0 fully saturated rings. The van der Waals surface area contributed by atoms with Gasteiger partial charge in [0.05, 0.1) is 18.2 Å². The van der Waals surface area contributed by atoms with Gasteiger partial charge in [0, 0.05) is 37.2 Å². The lowest BCUT2D eigenvalue weighted by atomic mass is 10.0. The molecule has 3 rings (SSSR count). The monoisotopic (exact) mass is 269 g/mol. The first kappa shape index (κ1) is 12.9. The van der Waals surface area contributed by atoms with Crippen molar-refractivity contribution in [1.29, 1.82) is 0 Å². The molecule has 1 aliphatic heterocycles. The van der Waals surface area contributed by atoms with Crippen molar-refractivity contribution < 1.29 is 4.42 Å². The molecule has 0 radical (unpaired) electrons. The fourth-order valence-corrected chi connectivity index (χ4v) is 2.36. The maximum Gasteiger partial charge on any atom is 0.0978 e. The second kappa shape index (κ2) is 5.13. The van der Waals surface area contributed by atoms with Gasteiger partial charge in [0.1, 0.15) is 0 Å². The van der Waals surface area contributed by atoms with Crippen molar-refractivity contribution in [3.8, 4) is 0 Å². The van der Waals surface area contributed by atoms with Gasteiger partial charge in [-0.15, -0.1) is 0 Å². The first-order valence-corrected chi connectivity index (χ1v) is 6.79. The minimum absolute atomic E-state index is 0.0803. The highest BCUT2D eigenvalue weighted by Crippen LogP contribution is 2.26. The van der Waals surface area contributed by atoms with Crippen molar-refractivity contribution in [2.45, 2.75) is 26.1 Å². The van der Waals surface area contributed by atoms with E-state index < -0.39 is 0 Å². The Balaban J connectivity index is 1.87. The Morgan fingerprint density at radius 3 is 3.00 bits per heavy atom. The van der Waals surface area contributed by atoms with E-state index in [2.05, 4.69) is 41.3 Å². The van der Waals surface area contributed by atoms with Gasteiger partial charge >= 0.3 is 0 Å². The maximum atomic E-state index is 5.18. The number of hydrogen-bond donors (Lipinski definition) is 1. The summed E-state index contributed by atoms with van der Waals surface area (Å²) in [6, 6.07) is 6.07. The van der Waals surface area contributed by atoms with Crippen LogP contribution in [-0.2, 0) is 6.54 Å². The van der Waals surface area contributed by atoms with E-state index in [0.29, 0.717) is 0 Å². The van der Waals surface area contributed by atoms with Crippen LogP contribution in [0.15, 0.2) is 53.7 Å². The van der Waals surface area contributed by atoms with E-state index in [9.17, 15) is 0 Å². The summed E-state index contributed by atoms with van der Waals surface area (Å²) in [5.74, 6) is 0. The second-order valence-corrected chi connectivity index (χ2v) is 5.57. The Hall–Kier alpha value is -2.07. The van der Waals surface area contributed by atoms with E-state index in [1.54, 1.807) is 18.7 Å². The lowest BCUT2D eigenvalue weighted by Gasteiger charge is -2.43. The maximum absolute atomic E-state index is 5.18. The molecule has 20 heavy (non-hydrogen) atoms. The van der Waals surface area contributed by atoms with Gasteiger partial charge in [-0.2, -0.15) is 0 Å². The third kappa shape index (κ3) is 2.60. The van der Waals surface area contributed by atoms with Crippen LogP contribution in [0.1, 0.15) is 25.0 Å². The summed E-state index contributed by atoms with van der Waals surface area (Å²) in [5, 5.41) is 3.56. The Kier molecular flexibility index (Phi) is 3.32. The van der Waals surface area contributed by atoms with Crippen LogP contribution in [0, 0.1) is 0 Å². The molecule has 0 saturated carbocycles. The van der Waals surface area contributed by atoms with Gasteiger partial charge in [0.15, 0.2) is 0 Å². The summed E-state index contributed by atoms with van der Waals surface area (Å²) in [7, 11) is 0. The molecular weight excluding hydrogens is 250 g/mol. The Bertz CT molecular complexity index is 587. The molecule has 104 valence electrons. The van der Waals surface area contributed by atoms with Crippen molar-refractivity contribution >= 4 is 5.57 Å². The molecular formula is C16H19N3O. The first-order chi connectivity index (χ1) is 9.65. The van der Waals surface area contributed by atoms with E-state index in [0.717, 1.165) is 18.7 Å². The lowest BCUT2D eigenvalue weighted by Crippen LogP contribution is -2.55. The van der Waals surface area contributed by atoms with E-state index in [1.165, 1.54) is 11.1 Å². The van der Waals surface area contributed by atoms with Crippen LogP contribution >= 0.6 is 0 Å². The van der Waals surface area contributed by atoms with Crippen molar-refractivity contribution in [2.24, 2.45) is 0 Å². The van der Waals surface area contributed by atoms with Crippen LogP contribution in [0.25, 0.3) is 5.57 Å². The van der Waals surface area contributed by atoms with Gasteiger partial charge in [-0.05, 0) is 37.1 Å². The Morgan fingerprint density at radius 1 is 1.40 bits per heavy atom. The Morgan fingerprint density at radius 2 is 2.30 bits per heavy atom. The molecule has 0 unspecified atom stereocenters. The van der Waals surface area contributed by atoms with Gasteiger partial charge in [-0.25, -0.2) is 0 Å². The van der Waals surface area contributed by atoms with E-state index in [1.807, 2.05) is 18.3 Å². The van der Waals surface area contributed by atoms with Gasteiger partial charge in [0.25, 0.3) is 0 Å². The highest BCUT2D eigenvalue weighted by molar-refractivity contribution is 5.66. The summed E-state index contributed by atoms with van der Waals surface area (Å²) >= 11 is 0. The third-order valence-corrected chi connectivity index (χ3v) is 3.71. The molecule has 0 bridgehead atoms. The van der Waals surface area contributed by atoms with Crippen LogP contribution in [-0.4, -0.2) is 22.1 Å². The highest BCUT2D eigenvalue weighted by atomic mass is 16.3. The molecule has 4 heteroatoms. The van der Waals surface area contributed by atoms with Crippen molar-refractivity contribution in [3.05, 3.63) is 60.4 Å². The molecule has 4 nitrogen and oxygen atoms in total. The summed E-state index contributed by atoms with van der Waals surface area (Å²) < 4.78 is 5.18. The molecule has 0 saturated heterocycles. The van der Waals surface area contributed by atoms with Crippen LogP contribution in [0.4, 0.5) is 0 Å². The van der Waals surface area contributed by atoms with Gasteiger partial charge < -0.3 is 9.32 Å². The van der Waals surface area contributed by atoms with Gasteiger partial charge in [0.2, 0.25) is 0 Å². The molecule has 2 aromatic rings. The standard InChI is InChI=1S/C16H19N3O/c1-16(2)18-9-15(14-5-7-20-12-14)11-19(16)10-13-4-3-6-17-8-13/h3-8,11-12,18H,9-10H2,1-2H3. The number of pyridine rings is 1. The predicted molar refractivity (Wildman–Crippen MR) is 78.5 cm³/mol. The van der Waals surface area contributed by atoms with E-state index in [4.69, 9.17) is 4.42 Å². The topological polar surface area (TPSA) is 41.3 Å². The average Bonchev–Trinajstić information content (AvgIpc) is 2.96. The fraction of sp³-hybridized carbons (Fsp3) is 0.312. The fourth-order valence-electron chi connectivity index (χ4n) is 2.36. The van der Waals surface area contributed by atoms with E-state index in [-0.39, 0.29) is 5.66 Å². The molecule has 0 atom stereocenters. The van der Waals surface area contributed by atoms with Crippen LogP contribution in [0.2, 0.25) is 0 Å². The van der Waals surface area contributed by atoms with Crippen LogP contribution in [0.3, 0.4) is 0 Å². The zero-order valence-corrected chi connectivity index (χ0v) is 11.8. The summed E-state index contributed by atoms with van der Waals surface area (Å²) in [6.07, 6.45) is 9.43. The third-order valence-electron chi connectivity index (χ3n) is 3.71. The zero-order chi connectivity index (χ0) is 14.0. The minimum atomic E-state index is -0.0803. The largest absolute Gasteiger partial charge is 0.472 e. The number of hydrogen-bond acceptors (Lipinski definition) is 4. The average molecular weight is 269 g/mol. The molecule has 3 heterocycles. The summed E-state index contributed by atoms with van der Waals surface area (Å²) in [6.45, 7) is 6.04. The van der Waals surface area contributed by atoms with Gasteiger partial charge in [-0.3, -0.25) is 10.3 Å². The van der Waals surface area contributed by atoms with Crippen LogP contribution < -0.4 is 5.32 Å². The van der Waals surface area contributed by atoms with Crippen molar-refractivity contribution in [1.82, 2.24) is 15.2 Å². The molecule has 0 amide bonds. The van der Waals surface area contributed by atoms with Crippen molar-refractivity contribution in [3.63, 3.8) is 0 Å². The molecule has 2 aromatic heterocycles. The molecule has 0 aliphatic carbocycles. The number of rotatable bonds is 3. The molecule has 0 aromatic carbocycles. The number of aromatic nitrogens is 1. The highest BCUT2D eigenvalue weighted by Gasteiger charge is 2.28. The van der Waals surface area contributed by atoms with E-state index >= 15 is 0 Å². The summed E-state index contributed by atoms with van der Waals surface area (Å²) in [5.41, 5.74) is 3.49. The first-order valence-electron chi connectivity index (χ1n) is 6.79. The molecule has 0 spiro atoms. The molecule has 1 aliphatic rings. The van der Waals surface area contributed by atoms with Crippen molar-refractivity contribution in [2.75, 3.05) is 6.54 Å². The normalized spacial score (nSPS) is 17.9. The zero-order valence-electron chi connectivity index (χ0n) is 11.8. The number of furan rings is 1. The smallest absolute Gasteiger partial charge is 0.0978 e. The Labute approximate surface area is 119 Å². The summed E-state index contributed by atoms with van der Waals surface area (Å²) in [4.78, 5) is 6.49.